The fraction of sp³-hybridized carbons (Fsp3) is 1.00. The van der Waals surface area contributed by atoms with Gasteiger partial charge in [-0.3, -0.25) is 4.90 Å². The van der Waals surface area contributed by atoms with Gasteiger partial charge in [0, 0.05) is 26.7 Å². The lowest BCUT2D eigenvalue weighted by Gasteiger charge is -2.30. The number of hydrogen-bond donors (Lipinski definition) is 0. The Bertz CT molecular complexity index is 330. The Morgan fingerprint density at radius 3 is 2.15 bits per heavy atom. The summed E-state index contributed by atoms with van der Waals surface area (Å²) in [6.07, 6.45) is -4.79. The van der Waals surface area contributed by atoms with E-state index in [2.05, 4.69) is 4.90 Å². The highest BCUT2D eigenvalue weighted by atomic mass is 19.4. The number of alkyl halides is 3. The Hall–Kier alpha value is -0.490. The van der Waals surface area contributed by atoms with Gasteiger partial charge in [-0.1, -0.05) is 0 Å². The molecule has 1 rings (SSSR count). The van der Waals surface area contributed by atoms with Crippen LogP contribution in [0.4, 0.5) is 13.2 Å². The van der Waals surface area contributed by atoms with E-state index < -0.39 is 18.9 Å². The van der Waals surface area contributed by atoms with Gasteiger partial charge in [-0.05, 0) is 0 Å². The number of halogens is 3. The van der Waals surface area contributed by atoms with Crippen molar-refractivity contribution in [1.82, 2.24) is 4.90 Å². The van der Waals surface area contributed by atoms with Gasteiger partial charge >= 0.3 is 6.18 Å². The number of morpholine rings is 1. The molecule has 0 aliphatic carbocycles. The molecule has 7 nitrogen and oxygen atoms in total. The van der Waals surface area contributed by atoms with Crippen LogP contribution in [0.25, 0.3) is 0 Å². The molecule has 1 fully saturated rings. The first-order chi connectivity index (χ1) is 12.5. The SMILES string of the molecule is COCCOCCOCCOC(COCC(F)(F)F)CN1CCOCC1. The summed E-state index contributed by atoms with van der Waals surface area (Å²) in [6.45, 7) is 4.34. The zero-order valence-electron chi connectivity index (χ0n) is 15.3. The summed E-state index contributed by atoms with van der Waals surface area (Å²) in [5, 5.41) is 0. The highest BCUT2D eigenvalue weighted by Gasteiger charge is 2.28. The highest BCUT2D eigenvalue weighted by molar-refractivity contribution is 4.69. The van der Waals surface area contributed by atoms with Crippen molar-refractivity contribution in [2.75, 3.05) is 92.8 Å². The normalized spacial score (nSPS) is 17.5. The van der Waals surface area contributed by atoms with Gasteiger partial charge in [-0.15, -0.1) is 0 Å². The molecule has 0 aromatic heterocycles. The van der Waals surface area contributed by atoms with Crippen LogP contribution in [0.3, 0.4) is 0 Å². The van der Waals surface area contributed by atoms with E-state index in [0.29, 0.717) is 52.8 Å². The monoisotopic (exact) mass is 389 g/mol. The Morgan fingerprint density at radius 2 is 1.54 bits per heavy atom. The number of hydrogen-bond acceptors (Lipinski definition) is 7. The molecule has 26 heavy (non-hydrogen) atoms. The van der Waals surface area contributed by atoms with Crippen molar-refractivity contribution in [1.29, 1.82) is 0 Å². The molecule has 1 heterocycles. The maximum Gasteiger partial charge on any atom is 0.411 e. The van der Waals surface area contributed by atoms with Gasteiger partial charge in [0.15, 0.2) is 0 Å². The smallest absolute Gasteiger partial charge is 0.382 e. The molecule has 0 aromatic rings. The lowest BCUT2D eigenvalue weighted by Crippen LogP contribution is -2.43. The first-order valence-electron chi connectivity index (χ1n) is 8.72. The van der Waals surface area contributed by atoms with Crippen molar-refractivity contribution in [3.63, 3.8) is 0 Å². The quantitative estimate of drug-likeness (QED) is 0.387. The van der Waals surface area contributed by atoms with Crippen LogP contribution >= 0.6 is 0 Å². The highest BCUT2D eigenvalue weighted by Crippen LogP contribution is 2.15. The summed E-state index contributed by atoms with van der Waals surface area (Å²) in [4.78, 5) is 2.09. The first-order valence-corrected chi connectivity index (χ1v) is 8.72. The van der Waals surface area contributed by atoms with Crippen molar-refractivity contribution < 1.29 is 41.6 Å². The van der Waals surface area contributed by atoms with E-state index >= 15 is 0 Å². The molecule has 1 unspecified atom stereocenters. The molecule has 0 aromatic carbocycles. The second kappa shape index (κ2) is 14.6. The Balaban J connectivity index is 2.16. The minimum absolute atomic E-state index is 0.114. The van der Waals surface area contributed by atoms with E-state index in [0.717, 1.165) is 13.1 Å². The van der Waals surface area contributed by atoms with Crippen LogP contribution in [0.2, 0.25) is 0 Å². The molecule has 1 saturated heterocycles. The van der Waals surface area contributed by atoms with Crippen LogP contribution in [-0.4, -0.2) is 110 Å². The minimum Gasteiger partial charge on any atom is -0.382 e. The van der Waals surface area contributed by atoms with Crippen LogP contribution in [0.5, 0.6) is 0 Å². The zero-order chi connectivity index (χ0) is 19.1. The van der Waals surface area contributed by atoms with Crippen molar-refractivity contribution in [3.05, 3.63) is 0 Å². The van der Waals surface area contributed by atoms with E-state index in [1.807, 2.05) is 0 Å². The maximum atomic E-state index is 12.2. The molecule has 1 aliphatic heterocycles. The summed E-state index contributed by atoms with van der Waals surface area (Å²) < 4.78 is 67.8. The van der Waals surface area contributed by atoms with E-state index in [1.165, 1.54) is 0 Å². The molecule has 0 amide bonds. The predicted molar refractivity (Wildman–Crippen MR) is 87.4 cm³/mol. The van der Waals surface area contributed by atoms with Crippen molar-refractivity contribution in [3.8, 4) is 0 Å². The van der Waals surface area contributed by atoms with Gasteiger partial charge in [0.1, 0.15) is 6.61 Å². The van der Waals surface area contributed by atoms with Gasteiger partial charge in [0.25, 0.3) is 0 Å². The molecule has 0 N–H and O–H groups in total. The van der Waals surface area contributed by atoms with Gasteiger partial charge in [0.2, 0.25) is 0 Å². The van der Waals surface area contributed by atoms with E-state index in [1.54, 1.807) is 7.11 Å². The molecular formula is C16H30F3NO6. The Morgan fingerprint density at radius 1 is 0.923 bits per heavy atom. The number of methoxy groups -OCH3 is 1. The van der Waals surface area contributed by atoms with E-state index in [9.17, 15) is 13.2 Å². The van der Waals surface area contributed by atoms with Crippen LogP contribution in [0, 0.1) is 0 Å². The topological polar surface area (TPSA) is 58.6 Å². The third-order valence-electron chi connectivity index (χ3n) is 3.52. The van der Waals surface area contributed by atoms with Crippen molar-refractivity contribution >= 4 is 0 Å². The summed E-state index contributed by atoms with van der Waals surface area (Å²) >= 11 is 0. The van der Waals surface area contributed by atoms with Crippen LogP contribution in [-0.2, 0) is 28.4 Å². The van der Waals surface area contributed by atoms with E-state index in [4.69, 9.17) is 28.4 Å². The van der Waals surface area contributed by atoms with Crippen molar-refractivity contribution in [2.24, 2.45) is 0 Å². The standard InChI is InChI=1S/C16H30F3NO6/c1-21-6-7-23-8-9-24-10-11-26-15(13-25-14-16(17,18)19)12-20-2-4-22-5-3-20/h15H,2-14H2,1H3. The van der Waals surface area contributed by atoms with Gasteiger partial charge in [-0.2, -0.15) is 13.2 Å². The molecule has 1 atom stereocenters. The molecule has 1 aliphatic rings. The predicted octanol–water partition coefficient (Wildman–Crippen LogP) is 0.962. The Labute approximate surface area is 152 Å². The van der Waals surface area contributed by atoms with E-state index in [-0.39, 0.29) is 13.2 Å². The molecule has 0 spiro atoms. The lowest BCUT2D eigenvalue weighted by molar-refractivity contribution is -0.182. The zero-order valence-corrected chi connectivity index (χ0v) is 15.3. The molecular weight excluding hydrogens is 359 g/mol. The number of rotatable bonds is 15. The van der Waals surface area contributed by atoms with Crippen LogP contribution < -0.4 is 0 Å². The molecule has 0 bridgehead atoms. The first kappa shape index (κ1) is 23.5. The number of ether oxygens (including phenoxy) is 6. The fourth-order valence-electron chi connectivity index (χ4n) is 2.27. The third-order valence-corrected chi connectivity index (χ3v) is 3.52. The van der Waals surface area contributed by atoms with Gasteiger partial charge in [-0.25, -0.2) is 0 Å². The van der Waals surface area contributed by atoms with Crippen molar-refractivity contribution in [2.45, 2.75) is 12.3 Å². The van der Waals surface area contributed by atoms with Crippen LogP contribution in [0.15, 0.2) is 0 Å². The summed E-state index contributed by atoms with van der Waals surface area (Å²) in [7, 11) is 1.60. The average Bonchev–Trinajstić information content (AvgIpc) is 2.60. The summed E-state index contributed by atoms with van der Waals surface area (Å²) in [5.74, 6) is 0. The Kier molecular flexibility index (Phi) is 13.2. The third kappa shape index (κ3) is 13.7. The van der Waals surface area contributed by atoms with Crippen LogP contribution in [0.1, 0.15) is 0 Å². The molecule has 0 radical (unpaired) electrons. The fourth-order valence-corrected chi connectivity index (χ4v) is 2.27. The minimum atomic E-state index is -4.34. The largest absolute Gasteiger partial charge is 0.411 e. The van der Waals surface area contributed by atoms with Gasteiger partial charge in [0.05, 0.1) is 65.6 Å². The second-order valence-corrected chi connectivity index (χ2v) is 5.75. The molecule has 156 valence electrons. The second-order valence-electron chi connectivity index (χ2n) is 5.75. The van der Waals surface area contributed by atoms with Gasteiger partial charge < -0.3 is 28.4 Å². The average molecular weight is 389 g/mol. The number of nitrogens with zero attached hydrogens (tertiary/aromatic N) is 1. The molecule has 0 saturated carbocycles. The summed E-state index contributed by atoms with van der Waals surface area (Å²) in [5.41, 5.74) is 0. The molecule has 10 heteroatoms. The maximum absolute atomic E-state index is 12.2. The summed E-state index contributed by atoms with van der Waals surface area (Å²) in [6, 6.07) is 0. The lowest BCUT2D eigenvalue weighted by atomic mass is 10.3.